The van der Waals surface area contributed by atoms with Crippen molar-refractivity contribution in [3.05, 3.63) is 12.4 Å². The zero-order chi connectivity index (χ0) is 28.1. The van der Waals surface area contributed by atoms with Crippen molar-refractivity contribution in [3.63, 3.8) is 0 Å². The number of hydrogen-bond donors (Lipinski definition) is 2. The average Bonchev–Trinajstić information content (AvgIpc) is 3.54. The lowest BCUT2D eigenvalue weighted by atomic mass is 10.0. The van der Waals surface area contributed by atoms with Crippen LogP contribution in [0.15, 0.2) is 6.33 Å². The Bertz CT molecular complexity index is 1130. The molecule has 11 heteroatoms. The number of amides is 1. The van der Waals surface area contributed by atoms with Gasteiger partial charge in [0.2, 0.25) is 5.91 Å². The molecule has 0 aliphatic carbocycles. The van der Waals surface area contributed by atoms with E-state index in [1.54, 1.807) is 0 Å². The maximum absolute atomic E-state index is 13.7. The number of nitrogens with one attached hydrogen (secondary N) is 1. The normalized spacial score (nSPS) is 18.7. The number of carbonyl (C=O) groups excluding carboxylic acids is 2. The predicted octanol–water partition coefficient (Wildman–Crippen LogP) is 4.59. The summed E-state index contributed by atoms with van der Waals surface area (Å²) in [5, 5.41) is 2.61. The maximum Gasteiger partial charge on any atom is 0.325 e. The van der Waals surface area contributed by atoms with Crippen molar-refractivity contribution in [2.75, 3.05) is 18.9 Å². The molecule has 10 nitrogen and oxygen atoms in total. The minimum absolute atomic E-state index is 0.0723. The number of imidazole rings is 1. The first-order chi connectivity index (χ1) is 18.9. The standard InChI is InChI=1S/C28H41FN6O4/c1-3-5-6-7-8-9-10-11-12-13-14-15-21(36)31-18-23(37)38-19-28(4-2)17-16-22(39-28)35-20-32-24-25(30)33-27(29)34-26(24)35/h2,20,22H,3,5-19H2,1H3,(H,31,36)(H2,30,33,34)/t22-,28+/m1/s1. The molecule has 3 rings (SSSR count). The van der Waals surface area contributed by atoms with Crippen molar-refractivity contribution in [2.24, 2.45) is 0 Å². The highest BCUT2D eigenvalue weighted by atomic mass is 19.1. The first-order valence-electron chi connectivity index (χ1n) is 14.1. The molecule has 1 amide bonds. The number of aromatic nitrogens is 4. The third-order valence-electron chi connectivity index (χ3n) is 7.05. The Morgan fingerprint density at radius 1 is 1.18 bits per heavy atom. The van der Waals surface area contributed by atoms with Gasteiger partial charge in [0.25, 0.3) is 0 Å². The van der Waals surface area contributed by atoms with Crippen molar-refractivity contribution in [1.82, 2.24) is 24.8 Å². The SMILES string of the molecule is C#C[C@@]1(COC(=O)CNC(=O)CCCCCCCCCCCCC)CC[C@H](n2cnc3c(N)nc(F)nc32)O1. The molecule has 1 fully saturated rings. The number of unbranched alkanes of at least 4 members (excludes halogenated alkanes) is 10. The van der Waals surface area contributed by atoms with Crippen LogP contribution in [0.4, 0.5) is 10.2 Å². The lowest BCUT2D eigenvalue weighted by Gasteiger charge is -2.23. The number of nitrogen functional groups attached to an aromatic ring is 1. The molecule has 39 heavy (non-hydrogen) atoms. The Hall–Kier alpha value is -3.26. The number of nitrogens with two attached hydrogens (primary N) is 1. The molecule has 1 aliphatic heterocycles. The minimum atomic E-state index is -1.16. The lowest BCUT2D eigenvalue weighted by Crippen LogP contribution is -2.37. The predicted molar refractivity (Wildman–Crippen MR) is 146 cm³/mol. The van der Waals surface area contributed by atoms with E-state index in [-0.39, 0.29) is 36.0 Å². The molecular weight excluding hydrogens is 503 g/mol. The Morgan fingerprint density at radius 3 is 2.51 bits per heavy atom. The Balaban J connectivity index is 1.30. The Labute approximate surface area is 229 Å². The number of halogens is 1. The fourth-order valence-corrected chi connectivity index (χ4v) is 4.76. The van der Waals surface area contributed by atoms with Gasteiger partial charge in [0.05, 0.1) is 6.33 Å². The van der Waals surface area contributed by atoms with E-state index >= 15 is 0 Å². The highest BCUT2D eigenvalue weighted by molar-refractivity contribution is 5.82. The van der Waals surface area contributed by atoms with Gasteiger partial charge < -0.3 is 20.5 Å². The fourth-order valence-electron chi connectivity index (χ4n) is 4.76. The second-order valence-electron chi connectivity index (χ2n) is 10.2. The van der Waals surface area contributed by atoms with Gasteiger partial charge in [-0.1, -0.05) is 77.1 Å². The smallest absolute Gasteiger partial charge is 0.325 e. The second kappa shape index (κ2) is 15.4. The largest absolute Gasteiger partial charge is 0.460 e. The summed E-state index contributed by atoms with van der Waals surface area (Å²) in [5.41, 5.74) is 5.01. The molecule has 0 unspecified atom stereocenters. The van der Waals surface area contributed by atoms with Crippen LogP contribution in [0.2, 0.25) is 0 Å². The van der Waals surface area contributed by atoms with Crippen LogP contribution >= 0.6 is 0 Å². The average molecular weight is 545 g/mol. The summed E-state index contributed by atoms with van der Waals surface area (Å²) in [6, 6.07) is 0. The molecule has 3 heterocycles. The van der Waals surface area contributed by atoms with Crippen LogP contribution in [-0.4, -0.2) is 50.1 Å². The summed E-state index contributed by atoms with van der Waals surface area (Å²) in [6.45, 7) is 1.82. The summed E-state index contributed by atoms with van der Waals surface area (Å²) in [7, 11) is 0. The Morgan fingerprint density at radius 2 is 1.85 bits per heavy atom. The van der Waals surface area contributed by atoms with Crippen LogP contribution < -0.4 is 11.1 Å². The van der Waals surface area contributed by atoms with Crippen LogP contribution in [0, 0.1) is 18.4 Å². The molecule has 2 atom stereocenters. The van der Waals surface area contributed by atoms with Gasteiger partial charge in [-0.05, 0) is 19.3 Å². The van der Waals surface area contributed by atoms with Gasteiger partial charge in [-0.3, -0.25) is 14.2 Å². The number of anilines is 1. The molecule has 1 aliphatic rings. The van der Waals surface area contributed by atoms with Gasteiger partial charge in [0, 0.05) is 6.42 Å². The number of rotatable bonds is 17. The molecular formula is C28H41FN6O4. The molecule has 1 saturated heterocycles. The molecule has 0 bridgehead atoms. The van der Waals surface area contributed by atoms with Crippen molar-refractivity contribution in [2.45, 2.75) is 109 Å². The zero-order valence-electron chi connectivity index (χ0n) is 22.9. The van der Waals surface area contributed by atoms with Gasteiger partial charge in [0.1, 0.15) is 19.4 Å². The molecule has 0 aromatic carbocycles. The highest BCUT2D eigenvalue weighted by Gasteiger charge is 2.41. The number of ether oxygens (including phenoxy) is 2. The van der Waals surface area contributed by atoms with E-state index in [2.05, 4.69) is 33.1 Å². The van der Waals surface area contributed by atoms with Gasteiger partial charge in [-0.15, -0.1) is 6.42 Å². The van der Waals surface area contributed by atoms with E-state index in [1.807, 2.05) is 0 Å². The monoisotopic (exact) mass is 544 g/mol. The quantitative estimate of drug-likeness (QED) is 0.128. The summed E-state index contributed by atoms with van der Waals surface area (Å²) < 4.78 is 26.6. The molecule has 0 saturated carbocycles. The summed E-state index contributed by atoms with van der Waals surface area (Å²) in [5.74, 6) is 1.73. The molecule has 3 N–H and O–H groups in total. The zero-order valence-corrected chi connectivity index (χ0v) is 22.9. The second-order valence-corrected chi connectivity index (χ2v) is 10.2. The molecule has 214 valence electrons. The van der Waals surface area contributed by atoms with E-state index in [4.69, 9.17) is 21.6 Å². The van der Waals surface area contributed by atoms with Crippen LogP contribution in [-0.2, 0) is 19.1 Å². The topological polar surface area (TPSA) is 134 Å². The fraction of sp³-hybridized carbons (Fsp3) is 0.679. The van der Waals surface area contributed by atoms with E-state index in [9.17, 15) is 14.0 Å². The third-order valence-corrected chi connectivity index (χ3v) is 7.05. The molecule has 2 aromatic heterocycles. The van der Waals surface area contributed by atoms with Crippen LogP contribution in [0.25, 0.3) is 11.2 Å². The number of nitrogens with zero attached hydrogens (tertiary/aromatic N) is 4. The van der Waals surface area contributed by atoms with Crippen molar-refractivity contribution >= 4 is 28.9 Å². The number of terminal acetylenes is 1. The number of carbonyl (C=O) groups is 2. The van der Waals surface area contributed by atoms with Crippen molar-refractivity contribution in [1.29, 1.82) is 0 Å². The summed E-state index contributed by atoms with van der Waals surface area (Å²) >= 11 is 0. The van der Waals surface area contributed by atoms with Crippen LogP contribution in [0.5, 0.6) is 0 Å². The first kappa shape index (κ1) is 30.3. The Kier molecular flexibility index (Phi) is 11.9. The van der Waals surface area contributed by atoms with E-state index < -0.39 is 23.9 Å². The van der Waals surface area contributed by atoms with Gasteiger partial charge in [-0.2, -0.15) is 14.4 Å². The van der Waals surface area contributed by atoms with E-state index in [0.717, 1.165) is 19.3 Å². The van der Waals surface area contributed by atoms with Gasteiger partial charge in [-0.25, -0.2) is 4.98 Å². The number of fused-ring (bicyclic) bond motifs is 1. The van der Waals surface area contributed by atoms with Gasteiger partial charge in [0.15, 0.2) is 22.6 Å². The first-order valence-corrected chi connectivity index (χ1v) is 14.1. The molecule has 2 aromatic rings. The van der Waals surface area contributed by atoms with E-state index in [1.165, 1.54) is 62.3 Å². The molecule has 0 spiro atoms. The van der Waals surface area contributed by atoms with Crippen LogP contribution in [0.1, 0.15) is 103 Å². The van der Waals surface area contributed by atoms with Crippen molar-refractivity contribution in [3.8, 4) is 12.3 Å². The summed E-state index contributed by atoms with van der Waals surface area (Å²) in [4.78, 5) is 35.7. The summed E-state index contributed by atoms with van der Waals surface area (Å²) in [6.07, 6.45) is 20.2. The van der Waals surface area contributed by atoms with Gasteiger partial charge >= 0.3 is 12.0 Å². The van der Waals surface area contributed by atoms with E-state index in [0.29, 0.717) is 19.3 Å². The van der Waals surface area contributed by atoms with Crippen LogP contribution in [0.3, 0.4) is 0 Å². The third kappa shape index (κ3) is 9.17. The number of esters is 1. The number of hydrogen-bond acceptors (Lipinski definition) is 8. The highest BCUT2D eigenvalue weighted by Crippen LogP contribution is 2.37. The maximum atomic E-state index is 13.7. The minimum Gasteiger partial charge on any atom is -0.460 e. The lowest BCUT2D eigenvalue weighted by molar-refractivity contribution is -0.152. The van der Waals surface area contributed by atoms with Crippen molar-refractivity contribution < 1.29 is 23.5 Å². The molecule has 0 radical (unpaired) electrons.